The second-order valence-corrected chi connectivity index (χ2v) is 7.96. The van der Waals surface area contributed by atoms with Gasteiger partial charge in [-0.3, -0.25) is 9.59 Å². The van der Waals surface area contributed by atoms with Crippen LogP contribution in [0.4, 0.5) is 0 Å². The van der Waals surface area contributed by atoms with Crippen molar-refractivity contribution < 1.29 is 14.3 Å². The molecule has 0 radical (unpaired) electrons. The number of carbonyl (C=O) groups is 2. The summed E-state index contributed by atoms with van der Waals surface area (Å²) in [6.07, 6.45) is 0.475. The average molecular weight is 451 g/mol. The lowest BCUT2D eigenvalue weighted by Gasteiger charge is -2.30. The largest absolute Gasteiger partial charge is 0.483 e. The maximum Gasteiger partial charge on any atom is 0.261 e. The maximum atomic E-state index is 13.1. The van der Waals surface area contributed by atoms with Gasteiger partial charge >= 0.3 is 0 Å². The fraction of sp³-hybridized carbons (Fsp3) is 0.391. The zero-order valence-electron chi connectivity index (χ0n) is 17.8. The van der Waals surface area contributed by atoms with E-state index in [1.165, 1.54) is 4.90 Å². The van der Waals surface area contributed by atoms with Crippen LogP contribution in [0, 0.1) is 13.8 Å². The molecule has 0 aliphatic carbocycles. The average Bonchev–Trinajstić information content (AvgIpc) is 2.70. The molecular weight excluding hydrogens is 423 g/mol. The first-order chi connectivity index (χ1) is 14.3. The molecule has 0 fully saturated rings. The van der Waals surface area contributed by atoms with Gasteiger partial charge in [-0.2, -0.15) is 0 Å². The van der Waals surface area contributed by atoms with E-state index in [4.69, 9.17) is 27.9 Å². The quantitative estimate of drug-likeness (QED) is 0.588. The Morgan fingerprint density at radius 1 is 1.07 bits per heavy atom. The lowest BCUT2D eigenvalue weighted by Crippen LogP contribution is -2.50. The van der Waals surface area contributed by atoms with Crippen molar-refractivity contribution in [2.75, 3.05) is 13.2 Å². The molecule has 5 nitrogen and oxygen atoms in total. The van der Waals surface area contributed by atoms with Crippen LogP contribution in [-0.2, 0) is 16.1 Å². The Morgan fingerprint density at radius 3 is 2.40 bits per heavy atom. The fourth-order valence-electron chi connectivity index (χ4n) is 3.23. The third kappa shape index (κ3) is 6.38. The van der Waals surface area contributed by atoms with E-state index in [0.717, 1.165) is 16.7 Å². The highest BCUT2D eigenvalue weighted by Gasteiger charge is 2.28. The first kappa shape index (κ1) is 24.0. The number of nitrogens with zero attached hydrogens (tertiary/aromatic N) is 1. The predicted octanol–water partition coefficient (Wildman–Crippen LogP) is 4.93. The zero-order chi connectivity index (χ0) is 22.3. The number of hydrogen-bond donors (Lipinski definition) is 1. The molecule has 2 rings (SSSR count). The summed E-state index contributed by atoms with van der Waals surface area (Å²) in [5.41, 5.74) is 2.86. The molecule has 0 aliphatic heterocycles. The number of rotatable bonds is 9. The zero-order valence-corrected chi connectivity index (χ0v) is 19.3. The van der Waals surface area contributed by atoms with Gasteiger partial charge in [-0.1, -0.05) is 53.9 Å². The minimum atomic E-state index is -0.616. The van der Waals surface area contributed by atoms with Crippen LogP contribution in [0.5, 0.6) is 5.75 Å². The second-order valence-electron chi connectivity index (χ2n) is 7.15. The summed E-state index contributed by atoms with van der Waals surface area (Å²) in [4.78, 5) is 27.3. The Hall–Kier alpha value is -2.24. The van der Waals surface area contributed by atoms with Gasteiger partial charge in [0, 0.05) is 13.1 Å². The van der Waals surface area contributed by atoms with Crippen molar-refractivity contribution in [3.8, 4) is 5.75 Å². The van der Waals surface area contributed by atoms with E-state index in [0.29, 0.717) is 28.8 Å². The molecule has 2 aromatic rings. The summed E-state index contributed by atoms with van der Waals surface area (Å²) in [6.45, 7) is 8.20. The van der Waals surface area contributed by atoms with Crippen molar-refractivity contribution in [2.24, 2.45) is 0 Å². The topological polar surface area (TPSA) is 58.6 Å². The minimum absolute atomic E-state index is 0.166. The van der Waals surface area contributed by atoms with Crippen molar-refractivity contribution in [2.45, 2.75) is 46.7 Å². The normalized spacial score (nSPS) is 11.7. The van der Waals surface area contributed by atoms with E-state index in [-0.39, 0.29) is 25.0 Å². The van der Waals surface area contributed by atoms with Gasteiger partial charge < -0.3 is 15.0 Å². The second kappa shape index (κ2) is 11.2. The van der Waals surface area contributed by atoms with Gasteiger partial charge in [0.1, 0.15) is 11.8 Å². The molecule has 0 saturated heterocycles. The third-order valence-electron chi connectivity index (χ3n) is 4.76. The lowest BCUT2D eigenvalue weighted by atomic mass is 10.1. The third-order valence-corrected chi connectivity index (χ3v) is 5.49. The van der Waals surface area contributed by atoms with Crippen LogP contribution >= 0.6 is 23.2 Å². The Kier molecular flexibility index (Phi) is 9.00. The van der Waals surface area contributed by atoms with E-state index < -0.39 is 6.04 Å². The molecule has 1 atom stereocenters. The van der Waals surface area contributed by atoms with Crippen LogP contribution in [0.25, 0.3) is 0 Å². The first-order valence-electron chi connectivity index (χ1n) is 9.97. The van der Waals surface area contributed by atoms with Crippen LogP contribution in [0.2, 0.25) is 10.0 Å². The van der Waals surface area contributed by atoms with Crippen LogP contribution in [0.1, 0.15) is 37.0 Å². The molecule has 0 heterocycles. The molecular formula is C23H28Cl2N2O3. The van der Waals surface area contributed by atoms with Gasteiger partial charge in [0.05, 0.1) is 10.0 Å². The highest BCUT2D eigenvalue weighted by molar-refractivity contribution is 6.42. The molecule has 0 saturated carbocycles. The van der Waals surface area contributed by atoms with Crippen molar-refractivity contribution in [3.05, 3.63) is 63.1 Å². The number of ether oxygens (including phenoxy) is 1. The van der Waals surface area contributed by atoms with E-state index in [1.54, 1.807) is 18.2 Å². The summed E-state index contributed by atoms with van der Waals surface area (Å²) in [6, 6.07) is 10.3. The molecule has 2 amide bonds. The summed E-state index contributed by atoms with van der Waals surface area (Å²) in [5.74, 6) is 0.175. The number of halogens is 2. The van der Waals surface area contributed by atoms with Crippen LogP contribution in [0.15, 0.2) is 36.4 Å². The van der Waals surface area contributed by atoms with Gasteiger partial charge in [0.25, 0.3) is 5.91 Å². The Morgan fingerprint density at radius 2 is 1.80 bits per heavy atom. The Bertz CT molecular complexity index is 902. The predicted molar refractivity (Wildman–Crippen MR) is 121 cm³/mol. The number of carbonyl (C=O) groups excluding carboxylic acids is 2. The van der Waals surface area contributed by atoms with Gasteiger partial charge in [-0.05, 0) is 56.5 Å². The molecule has 0 bridgehead atoms. The SMILES string of the molecule is CCNC(=O)[C@H](CC)N(Cc1ccc(Cl)c(Cl)c1)C(=O)COc1ccc(C)cc1C. The molecule has 0 spiro atoms. The van der Waals surface area contributed by atoms with E-state index in [9.17, 15) is 9.59 Å². The monoisotopic (exact) mass is 450 g/mol. The smallest absolute Gasteiger partial charge is 0.261 e. The van der Waals surface area contributed by atoms with Crippen LogP contribution in [-0.4, -0.2) is 35.9 Å². The first-order valence-corrected chi connectivity index (χ1v) is 10.7. The Balaban J connectivity index is 2.24. The van der Waals surface area contributed by atoms with Gasteiger partial charge in [-0.25, -0.2) is 0 Å². The van der Waals surface area contributed by atoms with Gasteiger partial charge in [-0.15, -0.1) is 0 Å². The fourth-order valence-corrected chi connectivity index (χ4v) is 3.55. The van der Waals surface area contributed by atoms with E-state index in [2.05, 4.69) is 5.32 Å². The highest BCUT2D eigenvalue weighted by atomic mass is 35.5. The molecule has 2 aromatic carbocycles. The van der Waals surface area contributed by atoms with Crippen LogP contribution < -0.4 is 10.1 Å². The summed E-state index contributed by atoms with van der Waals surface area (Å²) in [7, 11) is 0. The maximum absolute atomic E-state index is 13.1. The molecule has 162 valence electrons. The van der Waals surface area contributed by atoms with Crippen LogP contribution in [0.3, 0.4) is 0 Å². The van der Waals surface area contributed by atoms with E-state index >= 15 is 0 Å². The standard InChI is InChI=1S/C23H28Cl2N2O3/c1-5-20(23(29)26-6-2)27(13-17-8-9-18(24)19(25)12-17)22(28)14-30-21-10-7-15(3)11-16(21)4/h7-12,20H,5-6,13-14H2,1-4H3,(H,26,29)/t20-/m0/s1. The highest BCUT2D eigenvalue weighted by Crippen LogP contribution is 2.24. The molecule has 30 heavy (non-hydrogen) atoms. The van der Waals surface area contributed by atoms with Crippen molar-refractivity contribution in [3.63, 3.8) is 0 Å². The Labute approximate surface area is 188 Å². The van der Waals surface area contributed by atoms with Crippen molar-refractivity contribution in [1.29, 1.82) is 0 Å². The number of amides is 2. The van der Waals surface area contributed by atoms with Gasteiger partial charge in [0.15, 0.2) is 6.61 Å². The molecule has 0 aliphatic rings. The number of hydrogen-bond acceptors (Lipinski definition) is 3. The summed E-state index contributed by atoms with van der Waals surface area (Å²) < 4.78 is 5.78. The van der Waals surface area contributed by atoms with Crippen molar-refractivity contribution >= 4 is 35.0 Å². The summed E-state index contributed by atoms with van der Waals surface area (Å²) in [5, 5.41) is 3.65. The van der Waals surface area contributed by atoms with Crippen molar-refractivity contribution in [1.82, 2.24) is 10.2 Å². The molecule has 0 aromatic heterocycles. The number of nitrogens with one attached hydrogen (secondary N) is 1. The minimum Gasteiger partial charge on any atom is -0.483 e. The molecule has 7 heteroatoms. The van der Waals surface area contributed by atoms with Gasteiger partial charge in [0.2, 0.25) is 5.91 Å². The summed E-state index contributed by atoms with van der Waals surface area (Å²) >= 11 is 12.1. The molecule has 0 unspecified atom stereocenters. The number of benzene rings is 2. The molecule has 1 N–H and O–H groups in total. The number of aryl methyl sites for hydroxylation is 2. The number of likely N-dealkylation sites (N-methyl/N-ethyl adjacent to an activating group) is 1. The van der Waals surface area contributed by atoms with E-state index in [1.807, 2.05) is 45.9 Å². The lowest BCUT2D eigenvalue weighted by molar-refractivity contribution is -0.142.